The van der Waals surface area contributed by atoms with Crippen LogP contribution in [-0.2, 0) is 9.53 Å². The lowest BCUT2D eigenvalue weighted by Crippen LogP contribution is -2.15. The molecule has 2 aromatic rings. The molecule has 1 aromatic carbocycles. The minimum absolute atomic E-state index is 0.275. The number of carbonyl (C=O) groups is 1. The Morgan fingerprint density at radius 1 is 1.41 bits per heavy atom. The quantitative estimate of drug-likeness (QED) is 0.626. The summed E-state index contributed by atoms with van der Waals surface area (Å²) in [4.78, 5) is 11.6. The van der Waals surface area contributed by atoms with Gasteiger partial charge in [0.05, 0.1) is 12.7 Å². The summed E-state index contributed by atoms with van der Waals surface area (Å²) in [5, 5.41) is 8.53. The second-order valence-corrected chi connectivity index (χ2v) is 6.48. The van der Waals surface area contributed by atoms with Gasteiger partial charge in [0, 0.05) is 6.04 Å². The topological polar surface area (TPSA) is 57.0 Å². The van der Waals surface area contributed by atoms with E-state index in [0.717, 1.165) is 12.8 Å². The van der Waals surface area contributed by atoms with Crippen molar-refractivity contribution in [2.24, 2.45) is 0 Å². The van der Waals surface area contributed by atoms with Crippen LogP contribution in [-0.4, -0.2) is 33.1 Å². The van der Waals surface area contributed by atoms with Crippen LogP contribution in [0.2, 0.25) is 0 Å². The molecule has 0 unspecified atom stereocenters. The third kappa shape index (κ3) is 2.85. The molecule has 0 spiro atoms. The van der Waals surface area contributed by atoms with Crippen LogP contribution in [0.3, 0.4) is 0 Å². The number of nitrogens with zero attached hydrogens (tertiary/aromatic N) is 3. The average molecular weight is 321 g/mol. The van der Waals surface area contributed by atoms with Gasteiger partial charge in [-0.15, -0.1) is 10.2 Å². The van der Waals surface area contributed by atoms with E-state index in [1.54, 1.807) is 25.1 Å². The zero-order valence-corrected chi connectivity index (χ0v) is 13.1. The number of carbonyl (C=O) groups excluding carboxylic acids is 1. The van der Waals surface area contributed by atoms with E-state index in [0.29, 0.717) is 16.5 Å². The van der Waals surface area contributed by atoms with Gasteiger partial charge < -0.3 is 4.74 Å². The van der Waals surface area contributed by atoms with Gasteiger partial charge >= 0.3 is 5.97 Å². The number of methoxy groups -OCH3 is 1. The maximum absolute atomic E-state index is 14.0. The van der Waals surface area contributed by atoms with Crippen molar-refractivity contribution in [2.75, 3.05) is 7.11 Å². The standard InChI is InChI=1S/C15H16FN3O2S/c1-9(14(20)21-2)22-15-18-17-13(19(15)10-7-8-10)11-5-3-4-6-12(11)16/h3-6,9-10H,7-8H2,1-2H3/t9-/m0/s1. The molecule has 1 aliphatic carbocycles. The molecular formula is C15H16FN3O2S. The van der Waals surface area contributed by atoms with Crippen LogP contribution < -0.4 is 0 Å². The number of benzene rings is 1. The fourth-order valence-corrected chi connectivity index (χ4v) is 3.16. The monoisotopic (exact) mass is 321 g/mol. The number of rotatable bonds is 5. The van der Waals surface area contributed by atoms with Gasteiger partial charge in [-0.2, -0.15) is 0 Å². The van der Waals surface area contributed by atoms with Gasteiger partial charge in [0.15, 0.2) is 11.0 Å². The van der Waals surface area contributed by atoms with Crippen molar-refractivity contribution in [3.8, 4) is 11.4 Å². The molecule has 0 saturated heterocycles. The van der Waals surface area contributed by atoms with Crippen LogP contribution in [0.25, 0.3) is 11.4 Å². The number of aromatic nitrogens is 3. The van der Waals surface area contributed by atoms with E-state index in [1.807, 2.05) is 4.57 Å². The fraction of sp³-hybridized carbons (Fsp3) is 0.400. The molecule has 0 aliphatic heterocycles. The largest absolute Gasteiger partial charge is 0.468 e. The summed E-state index contributed by atoms with van der Waals surface area (Å²) in [6.07, 6.45) is 2.03. The SMILES string of the molecule is COC(=O)[C@H](C)Sc1nnc(-c2ccccc2F)n1C1CC1. The normalized spacial score (nSPS) is 15.6. The van der Waals surface area contributed by atoms with E-state index in [9.17, 15) is 9.18 Å². The molecule has 1 aliphatic rings. The van der Waals surface area contributed by atoms with Gasteiger partial charge in [-0.1, -0.05) is 23.9 Å². The predicted molar refractivity (Wildman–Crippen MR) is 81.0 cm³/mol. The first-order chi connectivity index (χ1) is 10.6. The zero-order chi connectivity index (χ0) is 15.7. The molecule has 116 valence electrons. The van der Waals surface area contributed by atoms with Crippen LogP contribution in [0.1, 0.15) is 25.8 Å². The molecule has 1 atom stereocenters. The Morgan fingerprint density at radius 2 is 2.14 bits per heavy atom. The molecule has 1 heterocycles. The molecular weight excluding hydrogens is 305 g/mol. The number of ether oxygens (including phenoxy) is 1. The van der Waals surface area contributed by atoms with Crippen molar-refractivity contribution >= 4 is 17.7 Å². The second-order valence-electron chi connectivity index (χ2n) is 5.17. The van der Waals surface area contributed by atoms with Gasteiger partial charge in [0.1, 0.15) is 11.1 Å². The highest BCUT2D eigenvalue weighted by molar-refractivity contribution is 8.00. The first-order valence-corrected chi connectivity index (χ1v) is 7.94. The fourth-order valence-electron chi connectivity index (χ4n) is 2.22. The maximum Gasteiger partial charge on any atom is 0.318 e. The van der Waals surface area contributed by atoms with Gasteiger partial charge in [-0.3, -0.25) is 9.36 Å². The van der Waals surface area contributed by atoms with E-state index < -0.39 is 0 Å². The zero-order valence-electron chi connectivity index (χ0n) is 12.3. The van der Waals surface area contributed by atoms with Crippen molar-refractivity contribution < 1.29 is 13.9 Å². The van der Waals surface area contributed by atoms with Crippen molar-refractivity contribution in [3.05, 3.63) is 30.1 Å². The number of hydrogen-bond donors (Lipinski definition) is 0. The van der Waals surface area contributed by atoms with E-state index in [4.69, 9.17) is 4.74 Å². The molecule has 1 saturated carbocycles. The molecule has 5 nitrogen and oxygen atoms in total. The lowest BCUT2D eigenvalue weighted by Gasteiger charge is -2.11. The van der Waals surface area contributed by atoms with Crippen LogP contribution in [0.4, 0.5) is 4.39 Å². The summed E-state index contributed by atoms with van der Waals surface area (Å²) < 4.78 is 20.7. The predicted octanol–water partition coefficient (Wildman–Crippen LogP) is 3.07. The van der Waals surface area contributed by atoms with Crippen molar-refractivity contribution in [3.63, 3.8) is 0 Å². The Kier molecular flexibility index (Phi) is 4.15. The smallest absolute Gasteiger partial charge is 0.318 e. The molecule has 0 radical (unpaired) electrons. The van der Waals surface area contributed by atoms with Crippen molar-refractivity contribution in [2.45, 2.75) is 36.2 Å². The molecule has 0 bridgehead atoms. The highest BCUT2D eigenvalue weighted by Gasteiger charge is 2.32. The van der Waals surface area contributed by atoms with Gasteiger partial charge in [0.2, 0.25) is 0 Å². The average Bonchev–Trinajstić information content (AvgIpc) is 3.28. The van der Waals surface area contributed by atoms with Crippen molar-refractivity contribution in [1.29, 1.82) is 0 Å². The Hall–Kier alpha value is -1.89. The summed E-state index contributed by atoms with van der Waals surface area (Å²) in [7, 11) is 1.36. The summed E-state index contributed by atoms with van der Waals surface area (Å²) >= 11 is 1.28. The lowest BCUT2D eigenvalue weighted by atomic mass is 10.2. The Bertz CT molecular complexity index is 700. The van der Waals surface area contributed by atoms with E-state index in [2.05, 4.69) is 10.2 Å². The number of esters is 1. The third-order valence-electron chi connectivity index (χ3n) is 3.51. The molecule has 0 N–H and O–H groups in total. The molecule has 7 heteroatoms. The first kappa shape index (κ1) is 15.0. The van der Waals surface area contributed by atoms with Crippen molar-refractivity contribution in [1.82, 2.24) is 14.8 Å². The minimum Gasteiger partial charge on any atom is -0.468 e. The number of hydrogen-bond acceptors (Lipinski definition) is 5. The van der Waals surface area contributed by atoms with Gasteiger partial charge in [-0.05, 0) is 31.9 Å². The second kappa shape index (κ2) is 6.08. The minimum atomic E-state index is -0.389. The summed E-state index contributed by atoms with van der Waals surface area (Å²) in [5.41, 5.74) is 0.430. The van der Waals surface area contributed by atoms with E-state index in [-0.39, 0.29) is 23.1 Å². The highest BCUT2D eigenvalue weighted by Crippen LogP contribution is 2.42. The van der Waals surface area contributed by atoms with Gasteiger partial charge in [-0.25, -0.2) is 4.39 Å². The highest BCUT2D eigenvalue weighted by atomic mass is 32.2. The van der Waals surface area contributed by atoms with Crippen LogP contribution >= 0.6 is 11.8 Å². The summed E-state index contributed by atoms with van der Waals surface area (Å²) in [5.74, 6) is -0.127. The van der Waals surface area contributed by atoms with Gasteiger partial charge in [0.25, 0.3) is 0 Å². The Balaban J connectivity index is 1.96. The molecule has 0 amide bonds. The molecule has 1 aromatic heterocycles. The molecule has 22 heavy (non-hydrogen) atoms. The maximum atomic E-state index is 14.0. The molecule has 1 fully saturated rings. The first-order valence-electron chi connectivity index (χ1n) is 7.06. The molecule has 3 rings (SSSR count). The Labute approximate surface area is 131 Å². The van der Waals surface area contributed by atoms with E-state index in [1.165, 1.54) is 24.9 Å². The third-order valence-corrected chi connectivity index (χ3v) is 4.54. The Morgan fingerprint density at radius 3 is 2.77 bits per heavy atom. The van der Waals surface area contributed by atoms with Crippen LogP contribution in [0.15, 0.2) is 29.4 Å². The van der Waals surface area contributed by atoms with Crippen LogP contribution in [0.5, 0.6) is 0 Å². The number of halogens is 1. The summed E-state index contributed by atoms with van der Waals surface area (Å²) in [6.45, 7) is 1.76. The van der Waals surface area contributed by atoms with E-state index >= 15 is 0 Å². The number of thioether (sulfide) groups is 1. The lowest BCUT2D eigenvalue weighted by molar-refractivity contribution is -0.139. The summed E-state index contributed by atoms with van der Waals surface area (Å²) in [6, 6.07) is 6.79. The van der Waals surface area contributed by atoms with Crippen LogP contribution in [0, 0.1) is 5.82 Å².